The third kappa shape index (κ3) is 3.65. The van der Waals surface area contributed by atoms with E-state index in [-0.39, 0.29) is 17.0 Å². The van der Waals surface area contributed by atoms with Crippen molar-refractivity contribution < 1.29 is 18.7 Å². The molecule has 0 aromatic heterocycles. The van der Waals surface area contributed by atoms with Crippen molar-refractivity contribution in [2.24, 2.45) is 0 Å². The Hall–Kier alpha value is -2.60. The molecule has 0 atom stereocenters. The maximum absolute atomic E-state index is 12.9. The summed E-state index contributed by atoms with van der Waals surface area (Å²) in [4.78, 5) is 24.9. The molecule has 1 aliphatic rings. The molecule has 3 rings (SSSR count). The van der Waals surface area contributed by atoms with Gasteiger partial charge >= 0.3 is 0 Å². The van der Waals surface area contributed by atoms with E-state index in [9.17, 15) is 14.0 Å². The number of nitrogens with zero attached hydrogens (tertiary/aromatic N) is 1. The van der Waals surface area contributed by atoms with Crippen LogP contribution < -0.4 is 4.74 Å². The third-order valence-corrected chi connectivity index (χ3v) is 4.42. The van der Waals surface area contributed by atoms with Crippen molar-refractivity contribution in [2.45, 2.75) is 6.61 Å². The molecular formula is C18H14FNO3S. The van der Waals surface area contributed by atoms with Gasteiger partial charge in [-0.3, -0.25) is 14.5 Å². The highest BCUT2D eigenvalue weighted by Crippen LogP contribution is 2.31. The van der Waals surface area contributed by atoms with Crippen LogP contribution in [0, 0.1) is 5.82 Å². The number of ether oxygens (including phenoxy) is 1. The standard InChI is InChI=1S/C18H14FNO3S/c1-20-17(21)16(24-18(20)22)10-13-3-2-4-15(9-13)23-11-12-5-7-14(19)8-6-12/h2-10H,11H2,1H3/b16-10+. The Morgan fingerprint density at radius 2 is 1.92 bits per heavy atom. The number of hydrogen-bond acceptors (Lipinski definition) is 4. The number of hydrogen-bond donors (Lipinski definition) is 0. The summed E-state index contributed by atoms with van der Waals surface area (Å²) in [5.41, 5.74) is 1.62. The zero-order valence-electron chi connectivity index (χ0n) is 12.9. The van der Waals surface area contributed by atoms with Crippen molar-refractivity contribution in [2.75, 3.05) is 7.05 Å². The summed E-state index contributed by atoms with van der Waals surface area (Å²) in [6, 6.07) is 13.3. The highest BCUT2D eigenvalue weighted by molar-refractivity contribution is 8.18. The minimum Gasteiger partial charge on any atom is -0.489 e. The predicted octanol–water partition coefficient (Wildman–Crippen LogP) is 4.07. The minimum atomic E-state index is -0.303. The fourth-order valence-electron chi connectivity index (χ4n) is 2.14. The molecule has 2 aromatic carbocycles. The van der Waals surface area contributed by atoms with Crippen molar-refractivity contribution in [1.82, 2.24) is 4.90 Å². The van der Waals surface area contributed by atoms with E-state index >= 15 is 0 Å². The van der Waals surface area contributed by atoms with Gasteiger partial charge in [-0.15, -0.1) is 0 Å². The fraction of sp³-hybridized carbons (Fsp3) is 0.111. The van der Waals surface area contributed by atoms with Crippen molar-refractivity contribution in [1.29, 1.82) is 0 Å². The number of likely N-dealkylation sites (N-methyl/N-ethyl adjacent to an activating group) is 1. The molecular weight excluding hydrogens is 329 g/mol. The van der Waals surface area contributed by atoms with Crippen molar-refractivity contribution in [3.63, 3.8) is 0 Å². The first kappa shape index (κ1) is 16.3. The monoisotopic (exact) mass is 343 g/mol. The highest BCUT2D eigenvalue weighted by Gasteiger charge is 2.31. The van der Waals surface area contributed by atoms with Crippen LogP contribution in [-0.2, 0) is 11.4 Å². The molecule has 6 heteroatoms. The first-order valence-corrected chi connectivity index (χ1v) is 8.03. The summed E-state index contributed by atoms with van der Waals surface area (Å²) < 4.78 is 18.6. The normalized spacial score (nSPS) is 16.1. The maximum Gasteiger partial charge on any atom is 0.293 e. The minimum absolute atomic E-state index is 0.282. The molecule has 24 heavy (non-hydrogen) atoms. The van der Waals surface area contributed by atoms with E-state index in [1.165, 1.54) is 19.2 Å². The quantitative estimate of drug-likeness (QED) is 0.785. The molecule has 1 aliphatic heterocycles. The van der Waals surface area contributed by atoms with Gasteiger partial charge in [0.05, 0.1) is 4.91 Å². The number of carbonyl (C=O) groups excluding carboxylic acids is 2. The van der Waals surface area contributed by atoms with Gasteiger partial charge in [0.2, 0.25) is 0 Å². The molecule has 0 radical (unpaired) electrons. The number of carbonyl (C=O) groups is 2. The topological polar surface area (TPSA) is 46.6 Å². The number of rotatable bonds is 4. The first-order chi connectivity index (χ1) is 11.5. The summed E-state index contributed by atoms with van der Waals surface area (Å²) in [5, 5.41) is -0.282. The molecule has 0 saturated carbocycles. The molecule has 0 aliphatic carbocycles. The van der Waals surface area contributed by atoms with E-state index in [1.807, 2.05) is 12.1 Å². The molecule has 0 bridgehead atoms. The van der Waals surface area contributed by atoms with E-state index < -0.39 is 0 Å². The lowest BCUT2D eigenvalue weighted by Crippen LogP contribution is -2.22. The van der Waals surface area contributed by atoms with Crippen molar-refractivity contribution in [3.8, 4) is 5.75 Å². The van der Waals surface area contributed by atoms with E-state index in [0.717, 1.165) is 27.8 Å². The van der Waals surface area contributed by atoms with Gasteiger partial charge in [0.15, 0.2) is 0 Å². The SMILES string of the molecule is CN1C(=O)S/C(=C/c2cccc(OCc3ccc(F)cc3)c2)C1=O. The molecule has 2 amide bonds. The number of amides is 2. The number of benzene rings is 2. The van der Waals surface area contributed by atoms with Gasteiger partial charge in [-0.2, -0.15) is 0 Å². The van der Waals surface area contributed by atoms with Crippen LogP contribution >= 0.6 is 11.8 Å². The van der Waals surface area contributed by atoms with E-state index in [4.69, 9.17) is 4.74 Å². The van der Waals surface area contributed by atoms with Gasteiger partial charge < -0.3 is 4.74 Å². The van der Waals surface area contributed by atoms with Gasteiger partial charge in [0.25, 0.3) is 11.1 Å². The Labute approximate surface area is 142 Å². The molecule has 0 unspecified atom stereocenters. The average molecular weight is 343 g/mol. The van der Waals surface area contributed by atoms with Crippen LogP contribution in [-0.4, -0.2) is 23.1 Å². The van der Waals surface area contributed by atoms with Crippen LogP contribution in [0.1, 0.15) is 11.1 Å². The second-order valence-corrected chi connectivity index (χ2v) is 6.22. The summed E-state index contributed by atoms with van der Waals surface area (Å²) >= 11 is 0.916. The predicted molar refractivity (Wildman–Crippen MR) is 90.9 cm³/mol. The van der Waals surface area contributed by atoms with Crippen LogP contribution in [0.15, 0.2) is 53.4 Å². The molecule has 1 fully saturated rings. The highest BCUT2D eigenvalue weighted by atomic mass is 32.2. The van der Waals surface area contributed by atoms with Gasteiger partial charge in [-0.25, -0.2) is 4.39 Å². The Morgan fingerprint density at radius 1 is 1.17 bits per heavy atom. The number of halogens is 1. The van der Waals surface area contributed by atoms with Gasteiger partial charge in [-0.05, 0) is 53.2 Å². The Kier molecular flexibility index (Phi) is 4.66. The van der Waals surface area contributed by atoms with E-state index in [0.29, 0.717) is 17.3 Å². The third-order valence-electron chi connectivity index (χ3n) is 3.46. The van der Waals surface area contributed by atoms with Gasteiger partial charge in [-0.1, -0.05) is 24.3 Å². The zero-order valence-corrected chi connectivity index (χ0v) is 13.7. The fourth-order valence-corrected chi connectivity index (χ4v) is 2.97. The van der Waals surface area contributed by atoms with Crippen LogP contribution in [0.5, 0.6) is 5.75 Å². The second kappa shape index (κ2) is 6.88. The summed E-state index contributed by atoms with van der Waals surface area (Å²) in [5.74, 6) is 0.0389. The molecule has 122 valence electrons. The summed E-state index contributed by atoms with van der Waals surface area (Å²) in [7, 11) is 1.46. The molecule has 0 spiro atoms. The maximum atomic E-state index is 12.9. The van der Waals surface area contributed by atoms with Crippen molar-refractivity contribution >= 4 is 29.0 Å². The van der Waals surface area contributed by atoms with Crippen LogP contribution in [0.4, 0.5) is 9.18 Å². The van der Waals surface area contributed by atoms with Crippen molar-refractivity contribution in [3.05, 3.63) is 70.4 Å². The number of thioether (sulfide) groups is 1. The van der Waals surface area contributed by atoms with Crippen LogP contribution in [0.2, 0.25) is 0 Å². The first-order valence-electron chi connectivity index (χ1n) is 7.22. The summed E-state index contributed by atoms with van der Waals surface area (Å²) in [6.07, 6.45) is 1.67. The Balaban J connectivity index is 1.71. The van der Waals surface area contributed by atoms with Crippen LogP contribution in [0.3, 0.4) is 0 Å². The van der Waals surface area contributed by atoms with Crippen LogP contribution in [0.25, 0.3) is 6.08 Å². The molecule has 4 nitrogen and oxygen atoms in total. The average Bonchev–Trinajstić information content (AvgIpc) is 2.82. The van der Waals surface area contributed by atoms with Gasteiger partial charge in [0, 0.05) is 7.05 Å². The van der Waals surface area contributed by atoms with E-state index in [1.54, 1.807) is 30.3 Å². The lowest BCUT2D eigenvalue weighted by molar-refractivity contribution is -0.121. The smallest absolute Gasteiger partial charge is 0.293 e. The second-order valence-electron chi connectivity index (χ2n) is 5.23. The Morgan fingerprint density at radius 3 is 2.58 bits per heavy atom. The molecule has 1 heterocycles. The van der Waals surface area contributed by atoms with Gasteiger partial charge in [0.1, 0.15) is 18.2 Å². The number of imide groups is 1. The molecule has 1 saturated heterocycles. The summed E-state index contributed by atoms with van der Waals surface area (Å²) in [6.45, 7) is 0.315. The molecule has 2 aromatic rings. The largest absolute Gasteiger partial charge is 0.489 e. The zero-order chi connectivity index (χ0) is 17.1. The lowest BCUT2D eigenvalue weighted by Gasteiger charge is -2.07. The van der Waals surface area contributed by atoms with E-state index in [2.05, 4.69) is 0 Å². The lowest BCUT2D eigenvalue weighted by atomic mass is 10.2. The molecule has 0 N–H and O–H groups in total. The Bertz CT molecular complexity index is 817.